The van der Waals surface area contributed by atoms with Crippen molar-refractivity contribution < 1.29 is 19.8 Å². The molecule has 1 aliphatic rings. The number of carbonyl (C=O) groups is 2. The van der Waals surface area contributed by atoms with Crippen molar-refractivity contribution in [2.24, 2.45) is 0 Å². The lowest BCUT2D eigenvalue weighted by Gasteiger charge is -2.20. The third-order valence-corrected chi connectivity index (χ3v) is 2.33. The van der Waals surface area contributed by atoms with E-state index in [0.717, 1.165) is 4.90 Å². The van der Waals surface area contributed by atoms with Gasteiger partial charge in [0.15, 0.2) is 0 Å². The predicted octanol–water partition coefficient (Wildman–Crippen LogP) is -0.761. The highest BCUT2D eigenvalue weighted by molar-refractivity contribution is 5.83. The molecular weight excluding hydrogens is 212 g/mol. The molecule has 3 N–H and O–H groups in total. The molecule has 0 radical (unpaired) electrons. The van der Waals surface area contributed by atoms with Crippen LogP contribution in [0.2, 0.25) is 0 Å². The first-order valence-corrected chi connectivity index (χ1v) is 4.91. The van der Waals surface area contributed by atoms with Crippen molar-refractivity contribution in [3.63, 3.8) is 0 Å². The second-order valence-electron chi connectivity index (χ2n) is 3.48. The number of urea groups is 1. The number of amides is 2. The monoisotopic (exact) mass is 226 g/mol. The summed E-state index contributed by atoms with van der Waals surface area (Å²) >= 11 is 0. The zero-order chi connectivity index (χ0) is 12.1. The number of carboxylic acid groups (broad SMARTS) is 1. The molecule has 0 spiro atoms. The SMILES string of the molecule is CC#CCNC(=O)N1CC(O)C[C@H]1C(=O)O. The van der Waals surface area contributed by atoms with E-state index < -0.39 is 24.1 Å². The maximum atomic E-state index is 11.6. The molecule has 2 atom stereocenters. The molecule has 0 aromatic rings. The van der Waals surface area contributed by atoms with Gasteiger partial charge in [-0.1, -0.05) is 5.92 Å². The first kappa shape index (κ1) is 12.3. The smallest absolute Gasteiger partial charge is 0.326 e. The summed E-state index contributed by atoms with van der Waals surface area (Å²) in [5, 5.41) is 20.7. The van der Waals surface area contributed by atoms with Gasteiger partial charge >= 0.3 is 12.0 Å². The largest absolute Gasteiger partial charge is 0.480 e. The van der Waals surface area contributed by atoms with E-state index in [2.05, 4.69) is 17.2 Å². The molecule has 0 aromatic carbocycles. The number of nitrogens with zero attached hydrogens (tertiary/aromatic N) is 1. The second kappa shape index (κ2) is 5.37. The Labute approximate surface area is 93.2 Å². The highest BCUT2D eigenvalue weighted by Gasteiger charge is 2.38. The topological polar surface area (TPSA) is 89.9 Å². The fraction of sp³-hybridized carbons (Fsp3) is 0.600. The molecule has 1 aliphatic heterocycles. The Balaban J connectivity index is 2.58. The van der Waals surface area contributed by atoms with Gasteiger partial charge in [-0.15, -0.1) is 5.92 Å². The molecule has 6 nitrogen and oxygen atoms in total. The molecule has 88 valence electrons. The number of aliphatic carboxylic acids is 1. The van der Waals surface area contributed by atoms with Crippen LogP contribution in [0.15, 0.2) is 0 Å². The lowest BCUT2D eigenvalue weighted by atomic mass is 10.2. The minimum Gasteiger partial charge on any atom is -0.480 e. The van der Waals surface area contributed by atoms with Crippen LogP contribution in [0.1, 0.15) is 13.3 Å². The van der Waals surface area contributed by atoms with Gasteiger partial charge in [-0.2, -0.15) is 0 Å². The fourth-order valence-corrected chi connectivity index (χ4v) is 1.58. The van der Waals surface area contributed by atoms with Crippen LogP contribution in [0.25, 0.3) is 0 Å². The number of β-amino-alcohol motifs (C(OH)–C–C–N with tert-alkyl or cyclic N) is 1. The average molecular weight is 226 g/mol. The molecule has 1 fully saturated rings. The maximum absolute atomic E-state index is 11.6. The Morgan fingerprint density at radius 2 is 2.25 bits per heavy atom. The number of nitrogens with one attached hydrogen (secondary N) is 1. The Morgan fingerprint density at radius 1 is 1.56 bits per heavy atom. The van der Waals surface area contributed by atoms with Crippen LogP contribution in [-0.4, -0.2) is 52.3 Å². The van der Waals surface area contributed by atoms with Crippen LogP contribution in [-0.2, 0) is 4.79 Å². The third kappa shape index (κ3) is 2.87. The van der Waals surface area contributed by atoms with E-state index in [-0.39, 0.29) is 19.5 Å². The Bertz CT molecular complexity index is 344. The van der Waals surface area contributed by atoms with E-state index in [1.165, 1.54) is 0 Å². The zero-order valence-corrected chi connectivity index (χ0v) is 8.93. The van der Waals surface area contributed by atoms with Crippen LogP contribution in [0, 0.1) is 11.8 Å². The van der Waals surface area contributed by atoms with Gasteiger partial charge in [-0.05, 0) is 6.92 Å². The van der Waals surface area contributed by atoms with E-state index in [0.29, 0.717) is 0 Å². The van der Waals surface area contributed by atoms with Crippen molar-refractivity contribution in [1.29, 1.82) is 0 Å². The Morgan fingerprint density at radius 3 is 2.81 bits per heavy atom. The van der Waals surface area contributed by atoms with Gasteiger partial charge in [0.05, 0.1) is 12.6 Å². The summed E-state index contributed by atoms with van der Waals surface area (Å²) in [5.74, 6) is 4.14. The molecule has 0 aromatic heterocycles. The van der Waals surface area contributed by atoms with E-state index in [9.17, 15) is 14.7 Å². The number of carboxylic acids is 1. The second-order valence-corrected chi connectivity index (χ2v) is 3.48. The van der Waals surface area contributed by atoms with Gasteiger partial charge < -0.3 is 20.4 Å². The summed E-state index contributed by atoms with van der Waals surface area (Å²) in [4.78, 5) is 23.5. The summed E-state index contributed by atoms with van der Waals surface area (Å²) < 4.78 is 0. The van der Waals surface area contributed by atoms with Gasteiger partial charge in [0, 0.05) is 13.0 Å². The lowest BCUT2D eigenvalue weighted by Crippen LogP contribution is -2.46. The number of carbonyl (C=O) groups excluding carboxylic acids is 1. The van der Waals surface area contributed by atoms with E-state index in [1.807, 2.05) is 0 Å². The molecular formula is C10H14N2O4. The predicted molar refractivity (Wildman–Crippen MR) is 55.6 cm³/mol. The normalized spacial score (nSPS) is 23.5. The molecule has 6 heteroatoms. The first-order valence-electron chi connectivity index (χ1n) is 4.91. The van der Waals surface area contributed by atoms with Crippen molar-refractivity contribution >= 4 is 12.0 Å². The van der Waals surface area contributed by atoms with Gasteiger partial charge in [0.25, 0.3) is 0 Å². The van der Waals surface area contributed by atoms with Crippen molar-refractivity contribution in [3.8, 4) is 11.8 Å². The Kier molecular flexibility index (Phi) is 4.14. The maximum Gasteiger partial charge on any atom is 0.326 e. The van der Waals surface area contributed by atoms with Gasteiger partial charge in [-0.25, -0.2) is 9.59 Å². The summed E-state index contributed by atoms with van der Waals surface area (Å²) in [7, 11) is 0. The number of aliphatic hydroxyl groups excluding tert-OH is 1. The summed E-state index contributed by atoms with van der Waals surface area (Å²) in [6.45, 7) is 1.86. The molecule has 1 heterocycles. The number of hydrogen-bond acceptors (Lipinski definition) is 3. The van der Waals surface area contributed by atoms with Crippen LogP contribution in [0.4, 0.5) is 4.79 Å². The molecule has 2 amide bonds. The number of aliphatic hydroxyl groups is 1. The van der Waals surface area contributed by atoms with Crippen LogP contribution < -0.4 is 5.32 Å². The highest BCUT2D eigenvalue weighted by Crippen LogP contribution is 2.17. The van der Waals surface area contributed by atoms with E-state index in [4.69, 9.17) is 5.11 Å². The van der Waals surface area contributed by atoms with Gasteiger partial charge in [-0.3, -0.25) is 0 Å². The summed E-state index contributed by atoms with van der Waals surface area (Å²) in [6.07, 6.45) is -0.702. The number of rotatable bonds is 2. The standard InChI is InChI=1S/C10H14N2O4/c1-2-3-4-11-10(16)12-6-7(13)5-8(12)9(14)15/h7-8,13H,4-6H2,1H3,(H,11,16)(H,14,15)/t7?,8-/m0/s1. The first-order chi connectivity index (χ1) is 7.56. The summed E-state index contributed by atoms with van der Waals surface area (Å²) in [5.41, 5.74) is 0. The fourth-order valence-electron chi connectivity index (χ4n) is 1.58. The zero-order valence-electron chi connectivity index (χ0n) is 8.93. The van der Waals surface area contributed by atoms with E-state index >= 15 is 0 Å². The average Bonchev–Trinajstić information content (AvgIpc) is 2.61. The summed E-state index contributed by atoms with van der Waals surface area (Å²) in [6, 6.07) is -1.46. The molecule has 1 rings (SSSR count). The molecule has 0 aliphatic carbocycles. The molecule has 0 bridgehead atoms. The Hall–Kier alpha value is -1.74. The molecule has 1 unspecified atom stereocenters. The number of hydrogen-bond donors (Lipinski definition) is 3. The lowest BCUT2D eigenvalue weighted by molar-refractivity contribution is -0.141. The third-order valence-electron chi connectivity index (χ3n) is 2.33. The van der Waals surface area contributed by atoms with Crippen molar-refractivity contribution in [1.82, 2.24) is 10.2 Å². The number of likely N-dealkylation sites (tertiary alicyclic amines) is 1. The van der Waals surface area contributed by atoms with Crippen LogP contribution in [0.5, 0.6) is 0 Å². The quantitative estimate of drug-likeness (QED) is 0.540. The molecule has 1 saturated heterocycles. The molecule has 16 heavy (non-hydrogen) atoms. The minimum absolute atomic E-state index is 0.0440. The van der Waals surface area contributed by atoms with Crippen molar-refractivity contribution in [2.45, 2.75) is 25.5 Å². The highest BCUT2D eigenvalue weighted by atomic mass is 16.4. The minimum atomic E-state index is -1.10. The van der Waals surface area contributed by atoms with Crippen molar-refractivity contribution in [3.05, 3.63) is 0 Å². The van der Waals surface area contributed by atoms with Gasteiger partial charge in [0.2, 0.25) is 0 Å². The van der Waals surface area contributed by atoms with Crippen LogP contribution >= 0.6 is 0 Å². The molecule has 0 saturated carbocycles. The van der Waals surface area contributed by atoms with E-state index in [1.54, 1.807) is 6.92 Å². The van der Waals surface area contributed by atoms with Gasteiger partial charge in [0.1, 0.15) is 6.04 Å². The van der Waals surface area contributed by atoms with Crippen molar-refractivity contribution in [2.75, 3.05) is 13.1 Å². The van der Waals surface area contributed by atoms with Crippen LogP contribution in [0.3, 0.4) is 0 Å².